The number of nitrogens with one attached hydrogen (secondary N) is 4. The maximum Gasteiger partial charge on any atom is 0.410 e. The summed E-state index contributed by atoms with van der Waals surface area (Å²) in [6.07, 6.45) is -0.853. The molecule has 16 nitrogen and oxygen atoms in total. The summed E-state index contributed by atoms with van der Waals surface area (Å²) >= 11 is 0. The number of likely N-dealkylation sites (tertiary alicyclic amines) is 1. The predicted molar refractivity (Wildman–Crippen MR) is 171 cm³/mol. The molecule has 2 fully saturated rings. The Hall–Kier alpha value is -5.09. The Kier molecular flexibility index (Phi) is 9.40. The van der Waals surface area contributed by atoms with Crippen molar-refractivity contribution in [2.24, 2.45) is 11.3 Å². The molecule has 5 amide bonds. The predicted octanol–water partition coefficient (Wildman–Crippen LogP) is 2.40. The van der Waals surface area contributed by atoms with E-state index in [1.165, 1.54) is 21.9 Å². The van der Waals surface area contributed by atoms with Gasteiger partial charge in [-0.1, -0.05) is 44.1 Å². The number of ether oxygens (including phenoxy) is 2. The third-order valence-corrected chi connectivity index (χ3v) is 8.70. The molecule has 0 spiro atoms. The van der Waals surface area contributed by atoms with Gasteiger partial charge in [0.1, 0.15) is 35.1 Å². The fourth-order valence-electron chi connectivity index (χ4n) is 6.11. The van der Waals surface area contributed by atoms with Gasteiger partial charge in [-0.3, -0.25) is 24.6 Å². The van der Waals surface area contributed by atoms with E-state index in [1.807, 2.05) is 0 Å². The van der Waals surface area contributed by atoms with Gasteiger partial charge in [-0.2, -0.15) is 5.21 Å². The molecule has 5 atom stereocenters. The van der Waals surface area contributed by atoms with Crippen LogP contribution in [-0.2, 0) is 36.9 Å². The van der Waals surface area contributed by atoms with E-state index in [4.69, 9.17) is 9.47 Å². The van der Waals surface area contributed by atoms with Gasteiger partial charge in [-0.05, 0) is 49.5 Å². The van der Waals surface area contributed by atoms with E-state index in [0.29, 0.717) is 11.1 Å². The Labute approximate surface area is 282 Å². The molecule has 17 heteroatoms. The average Bonchev–Trinajstić information content (AvgIpc) is 3.42. The highest BCUT2D eigenvalue weighted by atomic mass is 19.1. The molecular weight excluding hydrogens is 641 g/mol. The van der Waals surface area contributed by atoms with Crippen LogP contribution in [-0.4, -0.2) is 96.2 Å². The number of amides is 5. The first-order chi connectivity index (χ1) is 22.9. The Morgan fingerprint density at radius 3 is 2.47 bits per heavy atom. The van der Waals surface area contributed by atoms with Crippen molar-refractivity contribution in [2.45, 2.75) is 96.8 Å². The highest BCUT2D eigenvalue weighted by molar-refractivity contribution is 6.04. The Balaban J connectivity index is 1.38. The van der Waals surface area contributed by atoms with Crippen LogP contribution < -0.4 is 16.0 Å². The van der Waals surface area contributed by atoms with Crippen molar-refractivity contribution in [2.75, 3.05) is 11.9 Å². The van der Waals surface area contributed by atoms with Crippen LogP contribution >= 0.6 is 0 Å². The largest absolute Gasteiger partial charge is 0.444 e. The second-order valence-corrected chi connectivity index (χ2v) is 14.6. The number of halogens is 1. The number of hydrogen-bond donors (Lipinski definition) is 4. The van der Waals surface area contributed by atoms with Gasteiger partial charge in [-0.15, -0.1) is 11.7 Å². The van der Waals surface area contributed by atoms with Gasteiger partial charge < -0.3 is 25.0 Å². The van der Waals surface area contributed by atoms with Crippen molar-refractivity contribution in [1.29, 1.82) is 0 Å². The first-order valence-corrected chi connectivity index (χ1v) is 15.9. The lowest BCUT2D eigenvalue weighted by molar-refractivity contribution is -0.142. The monoisotopic (exact) mass is 683 g/mol. The van der Waals surface area contributed by atoms with Crippen molar-refractivity contribution in [3.05, 3.63) is 47.8 Å². The third-order valence-electron chi connectivity index (χ3n) is 8.70. The van der Waals surface area contributed by atoms with Crippen molar-refractivity contribution in [3.63, 3.8) is 0 Å². The van der Waals surface area contributed by atoms with Crippen LogP contribution in [0.25, 0.3) is 0 Å². The summed E-state index contributed by atoms with van der Waals surface area (Å²) in [5.41, 5.74) is -2.04. The van der Waals surface area contributed by atoms with Crippen molar-refractivity contribution >= 4 is 35.9 Å². The summed E-state index contributed by atoms with van der Waals surface area (Å²) in [5, 5.41) is 21.1. The summed E-state index contributed by atoms with van der Waals surface area (Å²) in [5.74, 6) is -2.86. The summed E-state index contributed by atoms with van der Waals surface area (Å²) in [6, 6.07) is 2.26. The number of H-pyrrole nitrogens is 1. The van der Waals surface area contributed by atoms with E-state index in [1.54, 1.807) is 53.7 Å². The molecule has 0 radical (unpaired) electrons. The number of carbonyl (C=O) groups excluding carboxylic acids is 5. The molecular formula is C32H42FN9O7. The van der Waals surface area contributed by atoms with Crippen LogP contribution in [0.1, 0.15) is 65.5 Å². The first kappa shape index (κ1) is 35.2. The molecule has 2 aromatic rings. The molecule has 1 saturated carbocycles. The molecule has 2 aliphatic heterocycles. The van der Waals surface area contributed by atoms with Crippen LogP contribution in [0.5, 0.6) is 0 Å². The zero-order valence-electron chi connectivity index (χ0n) is 28.3. The number of carbonyl (C=O) groups is 5. The smallest absolute Gasteiger partial charge is 0.410 e. The quantitative estimate of drug-likeness (QED) is 0.300. The van der Waals surface area contributed by atoms with Crippen LogP contribution in [0.3, 0.4) is 0 Å². The van der Waals surface area contributed by atoms with Crippen LogP contribution in [0.2, 0.25) is 0 Å². The molecule has 1 aromatic heterocycles. The molecule has 5 rings (SSSR count). The maximum absolute atomic E-state index is 14.4. The first-order valence-electron chi connectivity index (χ1n) is 15.9. The van der Waals surface area contributed by atoms with Gasteiger partial charge in [-0.25, -0.2) is 14.0 Å². The highest BCUT2D eigenvalue weighted by Crippen LogP contribution is 2.45. The molecule has 4 N–H and O–H groups in total. The molecule has 1 aliphatic carbocycles. The Morgan fingerprint density at radius 1 is 1.14 bits per heavy atom. The standard InChI is InChI=1S/C32H42FN9O7/c1-8-18-13-32(18,26(45)35-27-37-39-40-38-27)36-24(43)22-12-19(48-29(47)41-14-17-10-9-11-21(33)20(17)16-41)15-42(22)25(44)23(30(2,3)4)34-28(46)49-31(5,6)7/h8-11,18-19,22-23H,1,12-16H2,2-7H3,(H,34,46)(H,36,43)(H2,35,37,38,39,40,45)/t18-,19-,22+,23-,32-/m1/s1. The van der Waals surface area contributed by atoms with Crippen molar-refractivity contribution < 1.29 is 37.8 Å². The minimum atomic E-state index is -1.41. The number of rotatable bonds is 8. The lowest BCUT2D eigenvalue weighted by Gasteiger charge is -2.36. The summed E-state index contributed by atoms with van der Waals surface area (Å²) in [6.45, 7) is 14.0. The molecule has 49 heavy (non-hydrogen) atoms. The number of anilines is 1. The number of hydrogen-bond acceptors (Lipinski definition) is 10. The Bertz CT molecular complexity index is 1640. The molecule has 1 aromatic carbocycles. The minimum absolute atomic E-state index is 0.00692. The summed E-state index contributed by atoms with van der Waals surface area (Å²) in [7, 11) is 0. The van der Waals surface area contributed by atoms with Crippen molar-refractivity contribution in [3.8, 4) is 0 Å². The van der Waals surface area contributed by atoms with Gasteiger partial charge >= 0.3 is 12.2 Å². The van der Waals surface area contributed by atoms with Crippen LogP contribution in [0.4, 0.5) is 19.9 Å². The third kappa shape index (κ3) is 7.65. The SMILES string of the molecule is C=C[C@@H]1C[C@]1(NC(=O)[C@@H]1C[C@@H](OC(=O)N2Cc3cccc(F)c3C2)CN1C(=O)[C@@H](NC(=O)OC(C)(C)C)C(C)(C)C)C(=O)Nc1nn[nH]n1. The second-order valence-electron chi connectivity index (χ2n) is 14.6. The van der Waals surface area contributed by atoms with E-state index in [0.717, 1.165) is 0 Å². The summed E-state index contributed by atoms with van der Waals surface area (Å²) in [4.78, 5) is 70.4. The molecule has 0 unspecified atom stereocenters. The van der Waals surface area contributed by atoms with E-state index >= 15 is 0 Å². The fourth-order valence-corrected chi connectivity index (χ4v) is 6.11. The molecule has 1 saturated heterocycles. The van der Waals surface area contributed by atoms with Gasteiger partial charge in [0.2, 0.25) is 11.8 Å². The molecule has 3 heterocycles. The molecule has 0 bridgehead atoms. The average molecular weight is 684 g/mol. The van der Waals surface area contributed by atoms with Gasteiger partial charge in [0.15, 0.2) is 0 Å². The topological polar surface area (TPSA) is 201 Å². The molecule has 3 aliphatic rings. The van der Waals surface area contributed by atoms with E-state index in [2.05, 4.69) is 43.2 Å². The van der Waals surface area contributed by atoms with Gasteiger partial charge in [0.25, 0.3) is 11.9 Å². The number of nitrogens with zero attached hydrogens (tertiary/aromatic N) is 5. The lowest BCUT2D eigenvalue weighted by atomic mass is 9.85. The number of tetrazole rings is 1. The van der Waals surface area contributed by atoms with E-state index < -0.39 is 76.4 Å². The van der Waals surface area contributed by atoms with Gasteiger partial charge in [0.05, 0.1) is 13.1 Å². The fraction of sp³-hybridized carbons (Fsp3) is 0.562. The zero-order valence-corrected chi connectivity index (χ0v) is 28.3. The van der Waals surface area contributed by atoms with Gasteiger partial charge in [0, 0.05) is 24.4 Å². The van der Waals surface area contributed by atoms with Crippen molar-refractivity contribution in [1.82, 2.24) is 41.1 Å². The second kappa shape index (κ2) is 13.1. The number of aromatic amines is 1. The zero-order chi connectivity index (χ0) is 35.9. The van der Waals surface area contributed by atoms with Crippen LogP contribution in [0, 0.1) is 17.2 Å². The number of benzene rings is 1. The van der Waals surface area contributed by atoms with E-state index in [9.17, 15) is 28.4 Å². The normalized spacial score (nSPS) is 23.6. The van der Waals surface area contributed by atoms with E-state index in [-0.39, 0.29) is 38.4 Å². The Morgan fingerprint density at radius 2 is 1.88 bits per heavy atom. The highest BCUT2D eigenvalue weighted by Gasteiger charge is 2.61. The number of aromatic nitrogens is 4. The maximum atomic E-state index is 14.4. The van der Waals surface area contributed by atoms with Crippen LogP contribution in [0.15, 0.2) is 30.9 Å². The number of alkyl carbamates (subject to hydrolysis) is 1. The lowest BCUT2D eigenvalue weighted by Crippen LogP contribution is -2.59. The minimum Gasteiger partial charge on any atom is -0.444 e. The summed E-state index contributed by atoms with van der Waals surface area (Å²) < 4.78 is 25.6. The molecule has 264 valence electrons. The number of fused-ring (bicyclic) bond motifs is 1.